The summed E-state index contributed by atoms with van der Waals surface area (Å²) in [7, 11) is 0. The molecule has 0 aliphatic heterocycles. The van der Waals surface area contributed by atoms with Crippen molar-refractivity contribution in [3.63, 3.8) is 0 Å². The van der Waals surface area contributed by atoms with Crippen molar-refractivity contribution in [3.05, 3.63) is 24.0 Å². The number of hydrogen-bond acceptors (Lipinski definition) is 4. The van der Waals surface area contributed by atoms with Crippen LogP contribution in [-0.2, 0) is 6.54 Å². The van der Waals surface area contributed by atoms with Gasteiger partial charge in [-0.2, -0.15) is 0 Å². The highest BCUT2D eigenvalue weighted by Gasteiger charge is 2.23. The molecule has 0 saturated carbocycles. The fourth-order valence-corrected chi connectivity index (χ4v) is 1.67. The van der Waals surface area contributed by atoms with Crippen molar-refractivity contribution < 1.29 is 9.84 Å². The lowest BCUT2D eigenvalue weighted by molar-refractivity contribution is -0.0114. The van der Waals surface area contributed by atoms with Crippen LogP contribution in [0.25, 0.3) is 0 Å². The van der Waals surface area contributed by atoms with Crippen LogP contribution in [0.5, 0.6) is 5.75 Å². The average molecular weight is 266 g/mol. The maximum atomic E-state index is 10.1. The molecule has 0 spiro atoms. The van der Waals surface area contributed by atoms with E-state index in [2.05, 4.69) is 17.2 Å². The highest BCUT2D eigenvalue weighted by Crippen LogP contribution is 2.17. The number of aliphatic hydroxyl groups is 1. The van der Waals surface area contributed by atoms with Gasteiger partial charge in [-0.1, -0.05) is 20.8 Å². The third kappa shape index (κ3) is 5.57. The predicted octanol–water partition coefficient (Wildman–Crippen LogP) is 2.51. The zero-order valence-corrected chi connectivity index (χ0v) is 12.3. The van der Waals surface area contributed by atoms with Crippen LogP contribution < -0.4 is 10.1 Å². The first-order chi connectivity index (χ1) is 9.13. The molecule has 0 aliphatic rings. The molecule has 0 fully saturated rings. The van der Waals surface area contributed by atoms with Crippen molar-refractivity contribution >= 4 is 0 Å². The van der Waals surface area contributed by atoms with Gasteiger partial charge in [-0.15, -0.1) is 0 Å². The van der Waals surface area contributed by atoms with Crippen LogP contribution in [0.15, 0.2) is 18.3 Å². The van der Waals surface area contributed by atoms with Gasteiger partial charge >= 0.3 is 0 Å². The van der Waals surface area contributed by atoms with E-state index in [0.717, 1.165) is 25.2 Å². The molecule has 2 N–H and O–H groups in total. The fourth-order valence-electron chi connectivity index (χ4n) is 1.67. The molecule has 0 bridgehead atoms. The lowest BCUT2D eigenvalue weighted by Crippen LogP contribution is -2.34. The van der Waals surface area contributed by atoms with E-state index in [1.54, 1.807) is 6.20 Å². The highest BCUT2D eigenvalue weighted by atomic mass is 16.5. The van der Waals surface area contributed by atoms with Crippen molar-refractivity contribution in [1.82, 2.24) is 10.3 Å². The Labute approximate surface area is 116 Å². The fraction of sp³-hybridized carbons (Fsp3) is 0.667. The van der Waals surface area contributed by atoms with Crippen LogP contribution in [0.4, 0.5) is 0 Å². The molecule has 0 amide bonds. The molecule has 4 heteroatoms. The van der Waals surface area contributed by atoms with E-state index in [4.69, 9.17) is 4.74 Å². The molecule has 1 aromatic rings. The van der Waals surface area contributed by atoms with Gasteiger partial charge in [0.05, 0.1) is 17.5 Å². The maximum absolute atomic E-state index is 10.1. The molecule has 0 saturated heterocycles. The van der Waals surface area contributed by atoms with Gasteiger partial charge in [0.25, 0.3) is 0 Å². The lowest BCUT2D eigenvalue weighted by atomic mass is 9.99. The van der Waals surface area contributed by atoms with Gasteiger partial charge in [0, 0.05) is 6.54 Å². The number of nitrogens with one attached hydrogen (secondary N) is 1. The van der Waals surface area contributed by atoms with Crippen LogP contribution in [0, 0.1) is 0 Å². The molecule has 108 valence electrons. The molecule has 0 unspecified atom stereocenters. The van der Waals surface area contributed by atoms with E-state index in [9.17, 15) is 5.11 Å². The Morgan fingerprint density at radius 1 is 1.26 bits per heavy atom. The average Bonchev–Trinajstić information content (AvgIpc) is 2.46. The lowest BCUT2D eigenvalue weighted by Gasteiger charge is -2.24. The molecule has 4 nitrogen and oxygen atoms in total. The van der Waals surface area contributed by atoms with Crippen molar-refractivity contribution in [3.8, 4) is 5.75 Å². The summed E-state index contributed by atoms with van der Waals surface area (Å²) in [5.74, 6) is 0.708. The smallest absolute Gasteiger partial charge is 0.137 e. The van der Waals surface area contributed by atoms with Crippen LogP contribution in [0.2, 0.25) is 0 Å². The monoisotopic (exact) mass is 266 g/mol. The summed E-state index contributed by atoms with van der Waals surface area (Å²) in [6.45, 7) is 8.16. The standard InChI is InChI=1S/C15H26N2O2/c1-4-9-16-10-13-7-8-14(11-17-13)19-12-15(18,5-2)6-3/h7-8,11,16,18H,4-6,9-10,12H2,1-3H3. The van der Waals surface area contributed by atoms with Crippen molar-refractivity contribution in [2.45, 2.75) is 52.2 Å². The third-order valence-electron chi connectivity index (χ3n) is 3.35. The van der Waals surface area contributed by atoms with Crippen LogP contribution in [0.3, 0.4) is 0 Å². The Morgan fingerprint density at radius 3 is 2.53 bits per heavy atom. The first-order valence-electron chi connectivity index (χ1n) is 7.14. The van der Waals surface area contributed by atoms with E-state index in [0.29, 0.717) is 25.2 Å². The first-order valence-corrected chi connectivity index (χ1v) is 7.14. The summed E-state index contributed by atoms with van der Waals surface area (Å²) < 4.78 is 5.60. The second-order valence-corrected chi connectivity index (χ2v) is 4.88. The number of nitrogens with zero attached hydrogens (tertiary/aromatic N) is 1. The van der Waals surface area contributed by atoms with E-state index >= 15 is 0 Å². The minimum atomic E-state index is -0.735. The molecule has 0 aliphatic carbocycles. The molecular weight excluding hydrogens is 240 g/mol. The molecule has 0 atom stereocenters. The number of pyridine rings is 1. The van der Waals surface area contributed by atoms with E-state index in [-0.39, 0.29) is 0 Å². The van der Waals surface area contributed by atoms with E-state index in [1.807, 2.05) is 26.0 Å². The molecule has 0 aromatic carbocycles. The Hall–Kier alpha value is -1.13. The zero-order valence-electron chi connectivity index (χ0n) is 12.3. The van der Waals surface area contributed by atoms with Gasteiger partial charge in [0.2, 0.25) is 0 Å². The number of rotatable bonds is 9. The summed E-state index contributed by atoms with van der Waals surface area (Å²) in [5, 5.41) is 13.4. The normalized spacial score (nSPS) is 11.6. The van der Waals surface area contributed by atoms with Gasteiger partial charge in [-0.05, 0) is 37.9 Å². The van der Waals surface area contributed by atoms with Gasteiger partial charge in [0.1, 0.15) is 12.4 Å². The van der Waals surface area contributed by atoms with Gasteiger partial charge in [0.15, 0.2) is 0 Å². The minimum absolute atomic E-state index is 0.315. The Morgan fingerprint density at radius 2 is 2.00 bits per heavy atom. The molecule has 0 radical (unpaired) electrons. The molecule has 19 heavy (non-hydrogen) atoms. The van der Waals surface area contributed by atoms with Gasteiger partial charge in [-0.3, -0.25) is 4.98 Å². The maximum Gasteiger partial charge on any atom is 0.137 e. The summed E-state index contributed by atoms with van der Waals surface area (Å²) in [5.41, 5.74) is 0.267. The van der Waals surface area contributed by atoms with Crippen LogP contribution in [-0.4, -0.2) is 28.8 Å². The largest absolute Gasteiger partial charge is 0.489 e. The molecular formula is C15H26N2O2. The second kappa shape index (κ2) is 8.12. The van der Waals surface area contributed by atoms with Crippen molar-refractivity contribution in [2.24, 2.45) is 0 Å². The van der Waals surface area contributed by atoms with E-state index < -0.39 is 5.60 Å². The quantitative estimate of drug-likeness (QED) is 0.674. The Balaban J connectivity index is 2.43. The summed E-state index contributed by atoms with van der Waals surface area (Å²) in [6.07, 6.45) is 4.22. The number of hydrogen-bond donors (Lipinski definition) is 2. The van der Waals surface area contributed by atoms with Crippen molar-refractivity contribution in [1.29, 1.82) is 0 Å². The van der Waals surface area contributed by atoms with Crippen LogP contribution >= 0.6 is 0 Å². The second-order valence-electron chi connectivity index (χ2n) is 4.88. The number of ether oxygens (including phenoxy) is 1. The molecule has 1 heterocycles. The highest BCUT2D eigenvalue weighted by molar-refractivity contribution is 5.20. The van der Waals surface area contributed by atoms with E-state index in [1.165, 1.54) is 0 Å². The van der Waals surface area contributed by atoms with Crippen LogP contribution in [0.1, 0.15) is 45.7 Å². The summed E-state index contributed by atoms with van der Waals surface area (Å²) in [6, 6.07) is 3.86. The zero-order chi connectivity index (χ0) is 14.1. The number of aromatic nitrogens is 1. The molecule has 1 aromatic heterocycles. The van der Waals surface area contributed by atoms with Gasteiger partial charge in [-0.25, -0.2) is 0 Å². The first kappa shape index (κ1) is 15.9. The summed E-state index contributed by atoms with van der Waals surface area (Å²) in [4.78, 5) is 4.33. The Bertz CT molecular complexity index is 348. The minimum Gasteiger partial charge on any atom is -0.489 e. The Kier molecular flexibility index (Phi) is 6.81. The summed E-state index contributed by atoms with van der Waals surface area (Å²) >= 11 is 0. The predicted molar refractivity (Wildman–Crippen MR) is 77.3 cm³/mol. The SMILES string of the molecule is CCCNCc1ccc(OCC(O)(CC)CC)cn1. The third-order valence-corrected chi connectivity index (χ3v) is 3.35. The van der Waals surface area contributed by atoms with Crippen molar-refractivity contribution in [2.75, 3.05) is 13.2 Å². The van der Waals surface area contributed by atoms with Gasteiger partial charge < -0.3 is 15.2 Å². The molecule has 1 rings (SSSR count). The topological polar surface area (TPSA) is 54.4 Å².